The molecule has 35 heavy (non-hydrogen) atoms. The van der Waals surface area contributed by atoms with Crippen LogP contribution in [-0.2, 0) is 0 Å². The van der Waals surface area contributed by atoms with E-state index in [1.165, 1.54) is 6.07 Å². The van der Waals surface area contributed by atoms with Crippen molar-refractivity contribution in [3.8, 4) is 0 Å². The summed E-state index contributed by atoms with van der Waals surface area (Å²) < 4.78 is 0.930. The minimum Gasteiger partial charge on any atom is -0.349 e. The molecule has 4 aromatic rings. The lowest BCUT2D eigenvalue weighted by Crippen LogP contribution is -2.40. The summed E-state index contributed by atoms with van der Waals surface area (Å²) in [6.07, 6.45) is 0. The zero-order chi connectivity index (χ0) is 25.0. The minimum absolute atomic E-state index is 0.123. The Morgan fingerprint density at radius 1 is 0.886 bits per heavy atom. The number of halogens is 1. The first-order valence-corrected chi connectivity index (χ1v) is 11.7. The quantitative estimate of drug-likeness (QED) is 0.175. The molecule has 5 rings (SSSR count). The van der Waals surface area contributed by atoms with Crippen LogP contribution in [-0.4, -0.2) is 16.7 Å². The van der Waals surface area contributed by atoms with E-state index in [2.05, 4.69) is 21.2 Å². The molecule has 0 fully saturated rings. The van der Waals surface area contributed by atoms with E-state index in [4.69, 9.17) is 0 Å². The van der Waals surface area contributed by atoms with Gasteiger partial charge < -0.3 is 5.32 Å². The molecular formula is C27H20BrN3O4. The molecule has 0 bridgehead atoms. The number of nitro benzene ring substituents is 1. The number of hydrogen-bond acceptors (Lipinski definition) is 5. The zero-order valence-corrected chi connectivity index (χ0v) is 20.8. The van der Waals surface area contributed by atoms with E-state index < -0.39 is 16.7 Å². The molecule has 174 valence electrons. The van der Waals surface area contributed by atoms with E-state index in [9.17, 15) is 19.7 Å². The number of nitro groups is 1. The number of nitrogens with one attached hydrogen (secondary N) is 1. The second-order valence-corrected chi connectivity index (χ2v) is 9.41. The molecular weight excluding hydrogens is 510 g/mol. The summed E-state index contributed by atoms with van der Waals surface area (Å²) in [7, 11) is 0. The average molecular weight is 530 g/mol. The highest BCUT2D eigenvalue weighted by Crippen LogP contribution is 2.43. The number of carbonyl (C=O) groups is 2. The largest absolute Gasteiger partial charge is 0.349 e. The summed E-state index contributed by atoms with van der Waals surface area (Å²) in [6, 6.07) is 17.0. The van der Waals surface area contributed by atoms with Gasteiger partial charge in [-0.15, -0.1) is 0 Å². The first-order valence-electron chi connectivity index (χ1n) is 10.9. The van der Waals surface area contributed by atoms with Crippen LogP contribution < -0.4 is 10.2 Å². The number of benzene rings is 4. The van der Waals surface area contributed by atoms with Gasteiger partial charge in [-0.3, -0.25) is 19.7 Å². The molecule has 4 aromatic carbocycles. The van der Waals surface area contributed by atoms with Gasteiger partial charge in [0, 0.05) is 32.6 Å². The number of anilines is 3. The molecule has 0 radical (unpaired) electrons. The lowest BCUT2D eigenvalue weighted by Gasteiger charge is -2.28. The van der Waals surface area contributed by atoms with Gasteiger partial charge in [0.25, 0.3) is 17.5 Å². The topological polar surface area (TPSA) is 92.6 Å². The van der Waals surface area contributed by atoms with Crippen molar-refractivity contribution in [1.29, 1.82) is 0 Å². The Morgan fingerprint density at radius 3 is 2.31 bits per heavy atom. The van der Waals surface area contributed by atoms with Crippen molar-refractivity contribution >= 4 is 61.3 Å². The molecule has 0 aromatic heterocycles. The van der Waals surface area contributed by atoms with Crippen LogP contribution in [0.4, 0.5) is 22.7 Å². The van der Waals surface area contributed by atoms with Crippen LogP contribution in [0.2, 0.25) is 0 Å². The first-order chi connectivity index (χ1) is 16.7. The maximum Gasteiger partial charge on any atom is 0.294 e. The standard InChI is InChI=1S/C27H20BrN3O4/c1-14-6-4-7-17(12-14)30-26(32)19-9-5-8-18-24(19)20(27(30)33)13-23(31(34)35)25(18)29-22-11-10-21(28)15(2)16(22)3/h4-13,29H,1-3H3. The van der Waals surface area contributed by atoms with Gasteiger partial charge >= 0.3 is 0 Å². The van der Waals surface area contributed by atoms with E-state index in [-0.39, 0.29) is 16.9 Å². The molecule has 1 N–H and O–H groups in total. The van der Waals surface area contributed by atoms with Gasteiger partial charge in [0.15, 0.2) is 0 Å². The maximum absolute atomic E-state index is 13.6. The van der Waals surface area contributed by atoms with Gasteiger partial charge in [-0.25, -0.2) is 4.90 Å². The van der Waals surface area contributed by atoms with Crippen molar-refractivity contribution in [2.75, 3.05) is 10.2 Å². The number of hydrogen-bond donors (Lipinski definition) is 1. The Balaban J connectivity index is 1.76. The highest BCUT2D eigenvalue weighted by Gasteiger charge is 2.37. The highest BCUT2D eigenvalue weighted by atomic mass is 79.9. The molecule has 2 amide bonds. The van der Waals surface area contributed by atoms with Gasteiger partial charge in [0.1, 0.15) is 5.69 Å². The third-order valence-electron chi connectivity index (χ3n) is 6.44. The van der Waals surface area contributed by atoms with Crippen LogP contribution in [0.3, 0.4) is 0 Å². The molecule has 0 aliphatic carbocycles. The van der Waals surface area contributed by atoms with E-state index in [0.29, 0.717) is 27.7 Å². The van der Waals surface area contributed by atoms with Gasteiger partial charge in [0.2, 0.25) is 0 Å². The van der Waals surface area contributed by atoms with Crippen molar-refractivity contribution < 1.29 is 14.5 Å². The first kappa shape index (κ1) is 22.7. The Labute approximate surface area is 209 Å². The molecule has 1 aliphatic rings. The third kappa shape index (κ3) is 3.57. The SMILES string of the molecule is Cc1cccc(N2C(=O)c3cccc4c(Nc5ccc(Br)c(C)c5C)c([N+](=O)[O-])cc(c34)C2=O)c1. The fourth-order valence-electron chi connectivity index (χ4n) is 4.48. The van der Waals surface area contributed by atoms with Crippen molar-refractivity contribution in [3.05, 3.63) is 103 Å². The van der Waals surface area contributed by atoms with Crippen molar-refractivity contribution in [1.82, 2.24) is 0 Å². The summed E-state index contributed by atoms with van der Waals surface area (Å²) in [5.41, 5.74) is 4.38. The van der Waals surface area contributed by atoms with Crippen molar-refractivity contribution in [2.24, 2.45) is 0 Å². The molecule has 0 saturated carbocycles. The second kappa shape index (κ2) is 8.32. The summed E-state index contributed by atoms with van der Waals surface area (Å²) in [4.78, 5) is 39.8. The average Bonchev–Trinajstić information content (AvgIpc) is 2.83. The molecule has 0 spiro atoms. The predicted molar refractivity (Wildman–Crippen MR) is 140 cm³/mol. The molecule has 0 atom stereocenters. The van der Waals surface area contributed by atoms with E-state index in [1.807, 2.05) is 39.0 Å². The van der Waals surface area contributed by atoms with Gasteiger partial charge in [0.05, 0.1) is 16.2 Å². The highest BCUT2D eigenvalue weighted by molar-refractivity contribution is 9.10. The number of nitrogens with zero attached hydrogens (tertiary/aromatic N) is 2. The van der Waals surface area contributed by atoms with E-state index in [0.717, 1.165) is 26.1 Å². The van der Waals surface area contributed by atoms with Gasteiger partial charge in [-0.05, 0) is 67.8 Å². The number of aryl methyl sites for hydroxylation is 1. The minimum atomic E-state index is -0.588. The number of imide groups is 1. The summed E-state index contributed by atoms with van der Waals surface area (Å²) in [6.45, 7) is 5.74. The van der Waals surface area contributed by atoms with Crippen LogP contribution in [0.25, 0.3) is 10.8 Å². The van der Waals surface area contributed by atoms with Crippen LogP contribution >= 0.6 is 15.9 Å². The van der Waals surface area contributed by atoms with E-state index >= 15 is 0 Å². The molecule has 0 unspecified atom stereocenters. The Hall–Kier alpha value is -4.04. The van der Waals surface area contributed by atoms with Crippen LogP contribution in [0.5, 0.6) is 0 Å². The number of carbonyl (C=O) groups excluding carboxylic acids is 2. The monoisotopic (exact) mass is 529 g/mol. The summed E-state index contributed by atoms with van der Waals surface area (Å²) in [5.74, 6) is -1.05. The molecule has 7 nitrogen and oxygen atoms in total. The predicted octanol–water partition coefficient (Wildman–Crippen LogP) is 6.98. The molecule has 0 saturated heterocycles. The van der Waals surface area contributed by atoms with Crippen molar-refractivity contribution in [2.45, 2.75) is 20.8 Å². The Morgan fingerprint density at radius 2 is 1.60 bits per heavy atom. The fraction of sp³-hybridized carbons (Fsp3) is 0.111. The van der Waals surface area contributed by atoms with Crippen molar-refractivity contribution in [3.63, 3.8) is 0 Å². The molecule has 1 heterocycles. The normalized spacial score (nSPS) is 12.9. The number of rotatable bonds is 4. The van der Waals surface area contributed by atoms with E-state index in [1.54, 1.807) is 36.4 Å². The Bertz CT molecular complexity index is 1600. The fourth-order valence-corrected chi connectivity index (χ4v) is 4.91. The molecule has 1 aliphatic heterocycles. The number of amides is 2. The third-order valence-corrected chi connectivity index (χ3v) is 7.30. The van der Waals surface area contributed by atoms with Gasteiger partial charge in [-0.1, -0.05) is 40.2 Å². The molecule has 8 heteroatoms. The van der Waals surface area contributed by atoms with Gasteiger partial charge in [-0.2, -0.15) is 0 Å². The second-order valence-electron chi connectivity index (χ2n) is 8.56. The lowest BCUT2D eigenvalue weighted by atomic mass is 9.91. The summed E-state index contributed by atoms with van der Waals surface area (Å²) in [5, 5.41) is 16.2. The van der Waals surface area contributed by atoms with Crippen LogP contribution in [0.1, 0.15) is 37.4 Å². The van der Waals surface area contributed by atoms with Crippen LogP contribution in [0, 0.1) is 30.9 Å². The Kier molecular flexibility index (Phi) is 5.40. The lowest BCUT2D eigenvalue weighted by molar-refractivity contribution is -0.383. The zero-order valence-electron chi connectivity index (χ0n) is 19.2. The summed E-state index contributed by atoms with van der Waals surface area (Å²) >= 11 is 3.51. The van der Waals surface area contributed by atoms with Crippen LogP contribution in [0.15, 0.2) is 65.1 Å². The maximum atomic E-state index is 13.6. The smallest absolute Gasteiger partial charge is 0.294 e.